The minimum absolute atomic E-state index is 0.130. The van der Waals surface area contributed by atoms with Crippen LogP contribution in [0.1, 0.15) is 20.3 Å². The molecule has 0 aromatic carbocycles. The van der Waals surface area contributed by atoms with Crippen LogP contribution in [0.2, 0.25) is 0 Å². The van der Waals surface area contributed by atoms with Crippen molar-refractivity contribution in [3.63, 3.8) is 0 Å². The molecule has 0 amide bonds. The maximum atomic E-state index is 10.8. The van der Waals surface area contributed by atoms with Crippen LogP contribution in [0.4, 0.5) is 0 Å². The van der Waals surface area contributed by atoms with E-state index in [-0.39, 0.29) is 5.92 Å². The van der Waals surface area contributed by atoms with Crippen LogP contribution in [-0.2, 0) is 4.79 Å². The molecule has 0 heterocycles. The van der Waals surface area contributed by atoms with E-state index < -0.39 is 18.5 Å². The number of hydrogen-bond donors (Lipinski definition) is 2. The normalized spacial score (nSPS) is 13.5. The van der Waals surface area contributed by atoms with Crippen LogP contribution in [0.15, 0.2) is 0 Å². The zero-order valence-corrected chi connectivity index (χ0v) is 6.95. The Morgan fingerprint density at radius 2 is 2.18 bits per heavy atom. The first-order chi connectivity index (χ1) is 5.17. The molecule has 3 nitrogen and oxygen atoms in total. The Morgan fingerprint density at radius 3 is 2.45 bits per heavy atom. The maximum absolute atomic E-state index is 10.8. The number of Topliss-reactive ketones (excluding diaryl/α,β-unsaturated/α-hetero) is 1. The van der Waals surface area contributed by atoms with Gasteiger partial charge in [0.1, 0.15) is 12.7 Å². The average molecular weight is 159 g/mol. The standard InChI is InChI=1S/C8H15O3/c1-3-6(4-2)8(11)7(10)5-9/h3,6,8-9,11H,4-5H2,1-2H3. The van der Waals surface area contributed by atoms with E-state index in [0.717, 1.165) is 0 Å². The molecule has 2 unspecified atom stereocenters. The van der Waals surface area contributed by atoms with Crippen molar-refractivity contribution in [1.82, 2.24) is 0 Å². The summed E-state index contributed by atoms with van der Waals surface area (Å²) in [5.41, 5.74) is 0. The molecule has 65 valence electrons. The van der Waals surface area contributed by atoms with Gasteiger partial charge in [-0.3, -0.25) is 4.79 Å². The van der Waals surface area contributed by atoms with Gasteiger partial charge in [0.15, 0.2) is 5.78 Å². The molecule has 0 rings (SSSR count). The van der Waals surface area contributed by atoms with E-state index in [2.05, 4.69) is 0 Å². The summed E-state index contributed by atoms with van der Waals surface area (Å²) in [7, 11) is 0. The molecule has 0 aliphatic rings. The van der Waals surface area contributed by atoms with Crippen molar-refractivity contribution >= 4 is 5.78 Å². The molecule has 11 heavy (non-hydrogen) atoms. The quantitative estimate of drug-likeness (QED) is 0.600. The highest BCUT2D eigenvalue weighted by atomic mass is 16.3. The smallest absolute Gasteiger partial charge is 0.186 e. The predicted octanol–water partition coefficient (Wildman–Crippen LogP) is 0.159. The number of aliphatic hydroxyl groups is 2. The lowest BCUT2D eigenvalue weighted by Crippen LogP contribution is -2.31. The number of carbonyl (C=O) groups excluding carboxylic acids is 1. The van der Waals surface area contributed by atoms with Crippen LogP contribution in [0.3, 0.4) is 0 Å². The van der Waals surface area contributed by atoms with Gasteiger partial charge in [0, 0.05) is 0 Å². The van der Waals surface area contributed by atoms with Gasteiger partial charge in [-0.15, -0.1) is 0 Å². The van der Waals surface area contributed by atoms with E-state index in [1.165, 1.54) is 0 Å². The summed E-state index contributed by atoms with van der Waals surface area (Å²) in [6.45, 7) is 3.10. The third-order valence-electron chi connectivity index (χ3n) is 1.79. The van der Waals surface area contributed by atoms with E-state index in [9.17, 15) is 9.90 Å². The van der Waals surface area contributed by atoms with Crippen molar-refractivity contribution in [3.8, 4) is 0 Å². The van der Waals surface area contributed by atoms with E-state index in [1.54, 1.807) is 13.3 Å². The van der Waals surface area contributed by atoms with E-state index in [1.807, 2.05) is 6.92 Å². The summed E-state index contributed by atoms with van der Waals surface area (Å²) in [5.74, 6) is -0.635. The molecule has 0 saturated carbocycles. The number of hydrogen-bond acceptors (Lipinski definition) is 3. The van der Waals surface area contributed by atoms with E-state index in [0.29, 0.717) is 6.42 Å². The number of carbonyl (C=O) groups is 1. The molecule has 0 bridgehead atoms. The van der Waals surface area contributed by atoms with Crippen molar-refractivity contribution in [2.75, 3.05) is 6.61 Å². The van der Waals surface area contributed by atoms with Crippen LogP contribution in [-0.4, -0.2) is 28.7 Å². The highest BCUT2D eigenvalue weighted by Crippen LogP contribution is 2.12. The highest BCUT2D eigenvalue weighted by Gasteiger charge is 2.21. The van der Waals surface area contributed by atoms with Crippen LogP contribution in [0, 0.1) is 12.3 Å². The Hall–Kier alpha value is -0.410. The zero-order chi connectivity index (χ0) is 8.85. The Morgan fingerprint density at radius 1 is 1.64 bits per heavy atom. The maximum Gasteiger partial charge on any atom is 0.186 e. The summed E-state index contributed by atoms with van der Waals surface area (Å²) >= 11 is 0. The van der Waals surface area contributed by atoms with Crippen molar-refractivity contribution in [2.24, 2.45) is 5.92 Å². The highest BCUT2D eigenvalue weighted by molar-refractivity contribution is 5.84. The molecular formula is C8H15O3. The molecule has 0 aromatic rings. The summed E-state index contributed by atoms with van der Waals surface area (Å²) < 4.78 is 0. The first-order valence-electron chi connectivity index (χ1n) is 3.78. The predicted molar refractivity (Wildman–Crippen MR) is 41.9 cm³/mol. The van der Waals surface area contributed by atoms with Crippen molar-refractivity contribution in [2.45, 2.75) is 26.4 Å². The fourth-order valence-corrected chi connectivity index (χ4v) is 0.974. The van der Waals surface area contributed by atoms with Gasteiger partial charge in [-0.2, -0.15) is 0 Å². The van der Waals surface area contributed by atoms with Crippen LogP contribution in [0.5, 0.6) is 0 Å². The molecule has 0 fully saturated rings. The lowest BCUT2D eigenvalue weighted by Gasteiger charge is -2.17. The van der Waals surface area contributed by atoms with Gasteiger partial charge >= 0.3 is 0 Å². The topological polar surface area (TPSA) is 57.5 Å². The van der Waals surface area contributed by atoms with Crippen molar-refractivity contribution < 1.29 is 15.0 Å². The average Bonchev–Trinajstić information content (AvgIpc) is 2.05. The molecule has 0 aliphatic carbocycles. The minimum Gasteiger partial charge on any atom is -0.388 e. The Kier molecular flexibility index (Phi) is 5.07. The first-order valence-corrected chi connectivity index (χ1v) is 3.78. The van der Waals surface area contributed by atoms with E-state index >= 15 is 0 Å². The minimum atomic E-state index is -1.03. The van der Waals surface area contributed by atoms with Gasteiger partial charge in [-0.25, -0.2) is 0 Å². The summed E-state index contributed by atoms with van der Waals surface area (Å²) in [6.07, 6.45) is 1.46. The molecule has 3 heteroatoms. The van der Waals surface area contributed by atoms with Gasteiger partial charge in [0.2, 0.25) is 0 Å². The molecule has 1 radical (unpaired) electrons. The number of ketones is 1. The number of aliphatic hydroxyl groups excluding tert-OH is 2. The van der Waals surface area contributed by atoms with Crippen molar-refractivity contribution in [3.05, 3.63) is 6.42 Å². The molecule has 2 atom stereocenters. The van der Waals surface area contributed by atoms with Gasteiger partial charge in [0.05, 0.1) is 0 Å². The van der Waals surface area contributed by atoms with Gasteiger partial charge < -0.3 is 10.2 Å². The fourth-order valence-electron chi connectivity index (χ4n) is 0.974. The third-order valence-corrected chi connectivity index (χ3v) is 1.79. The molecule has 0 saturated heterocycles. The van der Waals surface area contributed by atoms with Crippen LogP contribution >= 0.6 is 0 Å². The SMILES string of the molecule is C[CH]C(CC)C(O)C(=O)CO. The molecule has 0 spiro atoms. The zero-order valence-electron chi connectivity index (χ0n) is 6.95. The Labute approximate surface area is 67.0 Å². The second-order valence-corrected chi connectivity index (χ2v) is 2.47. The second-order valence-electron chi connectivity index (χ2n) is 2.47. The second kappa shape index (κ2) is 5.27. The lowest BCUT2D eigenvalue weighted by molar-refractivity contribution is -0.132. The molecule has 0 aliphatic heterocycles. The summed E-state index contributed by atoms with van der Waals surface area (Å²) in [6, 6.07) is 0. The first kappa shape index (κ1) is 10.6. The van der Waals surface area contributed by atoms with Crippen molar-refractivity contribution in [1.29, 1.82) is 0 Å². The van der Waals surface area contributed by atoms with Gasteiger partial charge in [0.25, 0.3) is 0 Å². The summed E-state index contributed by atoms with van der Waals surface area (Å²) in [5, 5.41) is 17.7. The third kappa shape index (κ3) is 2.99. The van der Waals surface area contributed by atoms with Crippen LogP contribution < -0.4 is 0 Å². The number of rotatable bonds is 5. The molecule has 2 N–H and O–H groups in total. The van der Waals surface area contributed by atoms with Gasteiger partial charge in [-0.1, -0.05) is 20.3 Å². The lowest BCUT2D eigenvalue weighted by atomic mass is 9.94. The summed E-state index contributed by atoms with van der Waals surface area (Å²) in [4.78, 5) is 10.8. The fraction of sp³-hybridized carbons (Fsp3) is 0.750. The Bertz CT molecular complexity index is 119. The van der Waals surface area contributed by atoms with E-state index in [4.69, 9.17) is 5.11 Å². The Balaban J connectivity index is 3.97. The van der Waals surface area contributed by atoms with Crippen LogP contribution in [0.25, 0.3) is 0 Å². The molecule has 0 aromatic heterocycles. The van der Waals surface area contributed by atoms with Gasteiger partial charge in [-0.05, 0) is 12.3 Å². The molecular weight excluding hydrogens is 144 g/mol. The largest absolute Gasteiger partial charge is 0.388 e. The monoisotopic (exact) mass is 159 g/mol.